The summed E-state index contributed by atoms with van der Waals surface area (Å²) in [6.45, 7) is 4.99. The lowest BCUT2D eigenvalue weighted by molar-refractivity contribution is -0.194. The number of anilines is 1. The van der Waals surface area contributed by atoms with Crippen LogP contribution in [-0.2, 0) is 38.0 Å². The first kappa shape index (κ1) is 40.5. The third-order valence-corrected chi connectivity index (χ3v) is 12.0. The van der Waals surface area contributed by atoms with Crippen LogP contribution >= 0.6 is 27.5 Å². The van der Waals surface area contributed by atoms with Crippen molar-refractivity contribution in [3.05, 3.63) is 156 Å². The van der Waals surface area contributed by atoms with E-state index in [0.29, 0.717) is 5.69 Å². The molecule has 2 N–H and O–H groups in total. The molecule has 2 unspecified atom stereocenters. The second-order valence-corrected chi connectivity index (χ2v) is 17.2. The molecule has 7 rings (SSSR count). The number of halogens is 1. The zero-order valence-corrected chi connectivity index (χ0v) is 33.6. The summed E-state index contributed by atoms with van der Waals surface area (Å²) in [5.41, 5.74) is 1.15. The van der Waals surface area contributed by atoms with Crippen molar-refractivity contribution in [1.82, 2.24) is 14.5 Å². The predicted molar refractivity (Wildman–Crippen MR) is 213 cm³/mol. The molecular weight excluding hydrogens is 790 g/mol. The number of imidazole rings is 1. The van der Waals surface area contributed by atoms with Gasteiger partial charge in [-0.25, -0.2) is 9.97 Å². The lowest BCUT2D eigenvalue weighted by Crippen LogP contribution is -2.41. The second kappa shape index (κ2) is 16.7. The zero-order valence-electron chi connectivity index (χ0n) is 31.0. The fourth-order valence-electron chi connectivity index (χ4n) is 6.81. The average molecular weight is 829 g/mol. The molecule has 6 atom stereocenters. The van der Waals surface area contributed by atoms with Gasteiger partial charge in [-0.15, -0.1) is 4.52 Å². The minimum absolute atomic E-state index is 0.0372. The molecule has 16 heteroatoms. The number of fused-ring (bicyclic) bond motifs is 1. The molecule has 13 nitrogen and oxygen atoms in total. The first-order chi connectivity index (χ1) is 27.3. The standard InChI is InChI=1S/C41H39ClN4O9P2/c1-40(2,3)39(47)45-31-23-24-43-37-34(31)44-26-46(37)38-36(54-56(48)49)35(55-57(50,51)33-22-14-13-21-30(33)42)32(53-38)25-52-41(27-15-7-4-8-16-27,28-17-9-5-10-18-28)29-19-11-6-12-20-29/h4-24,26,32,35-36,38H,25H2,1-3H3,(H,50,51)(H,43,45,47)/t32-,35-,36-,38-/m1/s1. The van der Waals surface area contributed by atoms with Gasteiger partial charge in [-0.2, -0.15) is 0 Å². The van der Waals surface area contributed by atoms with E-state index in [0.717, 1.165) is 16.7 Å². The maximum absolute atomic E-state index is 14.1. The molecule has 0 radical (unpaired) electrons. The number of aromatic nitrogens is 3. The molecule has 4 aromatic carbocycles. The molecule has 1 saturated heterocycles. The summed E-state index contributed by atoms with van der Waals surface area (Å²) in [6.07, 6.45) is -2.92. The number of carbonyl (C=O) groups excluding carboxylic acids is 1. The van der Waals surface area contributed by atoms with Gasteiger partial charge in [0.15, 0.2) is 18.0 Å². The number of carbonyl (C=O) groups is 1. The third-order valence-electron chi connectivity index (χ3n) is 9.58. The smallest absolute Gasteiger partial charge is 0.489 e. The molecular formula is C41H39ClN4O9P2. The average Bonchev–Trinajstić information content (AvgIpc) is 3.77. The van der Waals surface area contributed by atoms with Crippen LogP contribution in [0.3, 0.4) is 0 Å². The molecule has 1 aliphatic rings. The monoisotopic (exact) mass is 828 g/mol. The van der Waals surface area contributed by atoms with Gasteiger partial charge in [-0.3, -0.25) is 18.5 Å². The van der Waals surface area contributed by atoms with Crippen LogP contribution in [0.25, 0.3) is 11.2 Å². The number of pyridine rings is 1. The Kier molecular flexibility index (Phi) is 11.9. The number of hydrogen-bond acceptors (Lipinski definition) is 10. The van der Waals surface area contributed by atoms with Crippen molar-refractivity contribution < 1.29 is 42.2 Å². The lowest BCUT2D eigenvalue weighted by atomic mass is 9.80. The van der Waals surface area contributed by atoms with E-state index < -0.39 is 51.4 Å². The molecule has 6 aromatic rings. The molecule has 294 valence electrons. The molecule has 0 spiro atoms. The van der Waals surface area contributed by atoms with E-state index in [-0.39, 0.29) is 34.0 Å². The van der Waals surface area contributed by atoms with Crippen molar-refractivity contribution in [2.24, 2.45) is 5.41 Å². The van der Waals surface area contributed by atoms with Crippen LogP contribution in [-0.4, -0.2) is 50.3 Å². The maximum atomic E-state index is 14.1. The normalized spacial score (nSPS) is 19.9. The summed E-state index contributed by atoms with van der Waals surface area (Å²) in [5.74, 6) is -0.270. The topological polar surface area (TPSA) is 174 Å². The largest absolute Gasteiger partial charge is 0.566 e. The van der Waals surface area contributed by atoms with Gasteiger partial charge < -0.3 is 24.6 Å². The summed E-state index contributed by atoms with van der Waals surface area (Å²) in [7, 11) is -8.40. The van der Waals surface area contributed by atoms with Gasteiger partial charge in [0.25, 0.3) is 0 Å². The Morgan fingerprint density at radius 1 is 0.895 bits per heavy atom. The highest BCUT2D eigenvalue weighted by atomic mass is 35.5. The van der Waals surface area contributed by atoms with E-state index in [1.807, 2.05) is 91.0 Å². The van der Waals surface area contributed by atoms with Crippen molar-refractivity contribution in [2.75, 3.05) is 11.9 Å². The van der Waals surface area contributed by atoms with E-state index in [9.17, 15) is 23.7 Å². The summed E-state index contributed by atoms with van der Waals surface area (Å²) in [5, 5.41) is 2.63. The molecule has 1 amide bonds. The fourth-order valence-corrected chi connectivity index (χ4v) is 9.01. The van der Waals surface area contributed by atoms with Crippen molar-refractivity contribution in [2.45, 2.75) is 50.9 Å². The SMILES string of the molecule is CC(C)(C)C(=O)Nc1ccnc2c1ncn2[C@@H]1O[C@H](COC(c2ccccc2)(c2ccccc2)c2ccccc2)[C@@H](OP(=O)(O)c2ccccc2Cl)[C@H]1O[P+](=O)[O-]. The highest BCUT2D eigenvalue weighted by molar-refractivity contribution is 7.61. The van der Waals surface area contributed by atoms with Gasteiger partial charge in [-0.05, 0) is 39.5 Å². The Morgan fingerprint density at radius 2 is 1.46 bits per heavy atom. The second-order valence-electron chi connectivity index (χ2n) is 14.4. The molecule has 3 heterocycles. The molecule has 1 aliphatic heterocycles. The number of ether oxygens (including phenoxy) is 2. The number of amides is 1. The molecule has 2 aromatic heterocycles. The summed E-state index contributed by atoms with van der Waals surface area (Å²) in [4.78, 5) is 45.9. The van der Waals surface area contributed by atoms with E-state index in [1.54, 1.807) is 32.9 Å². The van der Waals surface area contributed by atoms with E-state index in [4.69, 9.17) is 30.1 Å². The molecule has 0 saturated carbocycles. The Labute approximate surface area is 335 Å². The third kappa shape index (κ3) is 8.35. The van der Waals surface area contributed by atoms with Crippen molar-refractivity contribution in [1.29, 1.82) is 0 Å². The first-order valence-corrected chi connectivity index (χ1v) is 21.0. The summed E-state index contributed by atoms with van der Waals surface area (Å²) < 4.78 is 53.3. The van der Waals surface area contributed by atoms with E-state index >= 15 is 0 Å². The Bertz CT molecular complexity index is 2320. The minimum atomic E-state index is -4.81. The molecule has 0 bridgehead atoms. The fraction of sp³-hybridized carbons (Fsp3) is 0.244. The van der Waals surface area contributed by atoms with Crippen LogP contribution in [0.1, 0.15) is 43.7 Å². The van der Waals surface area contributed by atoms with Crippen LogP contribution in [0.2, 0.25) is 5.02 Å². The molecule has 0 aliphatic carbocycles. The van der Waals surface area contributed by atoms with Crippen LogP contribution in [0.5, 0.6) is 0 Å². The summed E-state index contributed by atoms with van der Waals surface area (Å²) >= 11 is 6.38. The van der Waals surface area contributed by atoms with Crippen LogP contribution < -0.4 is 15.5 Å². The predicted octanol–water partition coefficient (Wildman–Crippen LogP) is 7.27. The number of hydrogen-bond donors (Lipinski definition) is 2. The van der Waals surface area contributed by atoms with Gasteiger partial charge >= 0.3 is 15.9 Å². The van der Waals surface area contributed by atoms with Crippen LogP contribution in [0, 0.1) is 5.41 Å². The van der Waals surface area contributed by atoms with E-state index in [1.165, 1.54) is 35.3 Å². The lowest BCUT2D eigenvalue weighted by Gasteiger charge is -2.37. The van der Waals surface area contributed by atoms with E-state index in [2.05, 4.69) is 15.3 Å². The maximum Gasteiger partial charge on any atom is 0.489 e. The van der Waals surface area contributed by atoms with Crippen molar-refractivity contribution in [3.63, 3.8) is 0 Å². The Hall–Kier alpha value is -4.65. The van der Waals surface area contributed by atoms with Crippen LogP contribution in [0.4, 0.5) is 5.69 Å². The number of nitrogens with zero attached hydrogens (tertiary/aromatic N) is 3. The van der Waals surface area contributed by atoms with Gasteiger partial charge in [0, 0.05) is 11.6 Å². The minimum Gasteiger partial charge on any atom is -0.566 e. The highest BCUT2D eigenvalue weighted by Gasteiger charge is 2.54. The number of rotatable bonds is 13. The van der Waals surface area contributed by atoms with Gasteiger partial charge in [0.2, 0.25) is 5.91 Å². The van der Waals surface area contributed by atoms with Crippen molar-refractivity contribution in [3.8, 4) is 0 Å². The van der Waals surface area contributed by atoms with Gasteiger partial charge in [0.05, 0.1) is 28.9 Å². The first-order valence-electron chi connectivity index (χ1n) is 18.0. The van der Waals surface area contributed by atoms with Gasteiger partial charge in [-0.1, -0.05) is 136 Å². The van der Waals surface area contributed by atoms with Gasteiger partial charge in [0.1, 0.15) is 23.3 Å². The van der Waals surface area contributed by atoms with Crippen LogP contribution in [0.15, 0.2) is 134 Å². The highest BCUT2D eigenvalue weighted by Crippen LogP contribution is 2.51. The Morgan fingerprint density at radius 3 is 2.00 bits per heavy atom. The molecule has 1 fully saturated rings. The Balaban J connectivity index is 1.35. The molecule has 57 heavy (non-hydrogen) atoms. The van der Waals surface area contributed by atoms with Crippen molar-refractivity contribution >= 4 is 55.5 Å². The number of nitrogens with one attached hydrogen (secondary N) is 1. The summed E-state index contributed by atoms with van der Waals surface area (Å²) in [6, 6.07) is 36.1. The quantitative estimate of drug-likeness (QED) is 0.0885. The zero-order chi connectivity index (χ0) is 40.4. The number of benzene rings is 4.